The van der Waals surface area contributed by atoms with Gasteiger partial charge in [-0.05, 0) is 17.7 Å². The second-order valence-corrected chi connectivity index (χ2v) is 6.47. The minimum absolute atomic E-state index is 0.276. The lowest BCUT2D eigenvalue weighted by Crippen LogP contribution is -2.16. The fourth-order valence-electron chi connectivity index (χ4n) is 1.80. The van der Waals surface area contributed by atoms with Gasteiger partial charge in [-0.15, -0.1) is 0 Å². The van der Waals surface area contributed by atoms with E-state index in [1.807, 2.05) is 6.07 Å². The molecular formula is C12H16N4O2S. The van der Waals surface area contributed by atoms with Crippen LogP contribution < -0.4 is 5.73 Å². The van der Waals surface area contributed by atoms with Crippen molar-refractivity contribution in [2.75, 3.05) is 6.26 Å². The molecule has 0 saturated carbocycles. The van der Waals surface area contributed by atoms with Gasteiger partial charge in [-0.3, -0.25) is 4.68 Å². The maximum atomic E-state index is 11.5. The van der Waals surface area contributed by atoms with Gasteiger partial charge in [0.2, 0.25) is 0 Å². The minimum Gasteiger partial charge on any atom is -0.324 e. The third kappa shape index (κ3) is 3.18. The van der Waals surface area contributed by atoms with Gasteiger partial charge >= 0.3 is 0 Å². The smallest absolute Gasteiger partial charge is 0.175 e. The molecule has 2 rings (SSSR count). The number of aryl methyl sites for hydroxylation is 1. The summed E-state index contributed by atoms with van der Waals surface area (Å²) in [6.45, 7) is 0. The number of aromatic nitrogens is 3. The number of hydrogen-bond donors (Lipinski definition) is 1. The van der Waals surface area contributed by atoms with Crippen LogP contribution in [0, 0.1) is 0 Å². The normalized spacial score (nSPS) is 13.4. The maximum absolute atomic E-state index is 11.5. The van der Waals surface area contributed by atoms with Crippen LogP contribution in [0.3, 0.4) is 0 Å². The predicted octanol–water partition coefficient (Wildman–Crippen LogP) is 0.461. The summed E-state index contributed by atoms with van der Waals surface area (Å²) >= 11 is 0. The highest BCUT2D eigenvalue weighted by atomic mass is 32.2. The van der Waals surface area contributed by atoms with E-state index in [1.54, 1.807) is 29.9 Å². The molecule has 7 heteroatoms. The van der Waals surface area contributed by atoms with Gasteiger partial charge in [-0.2, -0.15) is 5.10 Å². The van der Waals surface area contributed by atoms with Crippen LogP contribution in [0.5, 0.6) is 0 Å². The topological polar surface area (TPSA) is 90.9 Å². The summed E-state index contributed by atoms with van der Waals surface area (Å²) < 4.78 is 24.7. The molecule has 1 aromatic carbocycles. The molecule has 6 nitrogen and oxygen atoms in total. The summed E-state index contributed by atoms with van der Waals surface area (Å²) in [5.41, 5.74) is 6.86. The van der Waals surface area contributed by atoms with E-state index < -0.39 is 9.84 Å². The first-order valence-corrected chi connectivity index (χ1v) is 7.65. The Morgan fingerprint density at radius 3 is 2.74 bits per heavy atom. The van der Waals surface area contributed by atoms with Crippen LogP contribution in [0.4, 0.5) is 0 Å². The quantitative estimate of drug-likeness (QED) is 0.878. The van der Waals surface area contributed by atoms with Crippen LogP contribution in [-0.2, 0) is 23.3 Å². The molecule has 0 radical (unpaired) electrons. The molecular weight excluding hydrogens is 264 g/mol. The van der Waals surface area contributed by atoms with Gasteiger partial charge < -0.3 is 5.73 Å². The van der Waals surface area contributed by atoms with Crippen molar-refractivity contribution in [3.8, 4) is 0 Å². The third-order valence-corrected chi connectivity index (χ3v) is 4.03. The van der Waals surface area contributed by atoms with E-state index in [0.717, 1.165) is 11.4 Å². The number of nitrogens with two attached hydrogens (primary N) is 1. The lowest BCUT2D eigenvalue weighted by Gasteiger charge is -2.12. The summed E-state index contributed by atoms with van der Waals surface area (Å²) in [6, 6.07) is 6.37. The molecule has 1 aromatic heterocycles. The molecule has 2 aromatic rings. The number of nitrogens with zero attached hydrogens (tertiary/aromatic N) is 3. The molecule has 1 atom stereocenters. The first-order valence-electron chi connectivity index (χ1n) is 5.76. The van der Waals surface area contributed by atoms with Crippen molar-refractivity contribution in [3.05, 3.63) is 42.0 Å². The van der Waals surface area contributed by atoms with Gasteiger partial charge in [0.1, 0.15) is 12.2 Å². The lowest BCUT2D eigenvalue weighted by atomic mass is 10.0. The molecule has 0 spiro atoms. The average molecular weight is 280 g/mol. The Balaban J connectivity index is 2.25. The fraction of sp³-hybridized carbons (Fsp3) is 0.333. The van der Waals surface area contributed by atoms with Crippen molar-refractivity contribution in [1.29, 1.82) is 0 Å². The fourth-order valence-corrected chi connectivity index (χ4v) is 2.47. The number of rotatable bonds is 4. The van der Waals surface area contributed by atoms with Crippen molar-refractivity contribution < 1.29 is 8.42 Å². The largest absolute Gasteiger partial charge is 0.324 e. The molecule has 1 unspecified atom stereocenters. The van der Waals surface area contributed by atoms with Gasteiger partial charge in [-0.25, -0.2) is 13.4 Å². The lowest BCUT2D eigenvalue weighted by molar-refractivity contribution is 0.600. The Kier molecular flexibility index (Phi) is 3.68. The van der Waals surface area contributed by atoms with Crippen LogP contribution in [-0.4, -0.2) is 29.4 Å². The molecule has 2 N–H and O–H groups in total. The van der Waals surface area contributed by atoms with Crippen molar-refractivity contribution >= 4 is 9.84 Å². The summed E-state index contributed by atoms with van der Waals surface area (Å²) in [6.07, 6.45) is 3.15. The third-order valence-electron chi connectivity index (χ3n) is 2.92. The zero-order chi connectivity index (χ0) is 14.0. The van der Waals surface area contributed by atoms with E-state index in [9.17, 15) is 8.42 Å². The molecule has 102 valence electrons. The Morgan fingerprint density at radius 1 is 1.42 bits per heavy atom. The van der Waals surface area contributed by atoms with Crippen LogP contribution in [0.25, 0.3) is 0 Å². The van der Waals surface area contributed by atoms with E-state index in [0.29, 0.717) is 6.42 Å². The van der Waals surface area contributed by atoms with Gasteiger partial charge in [0.15, 0.2) is 9.84 Å². The highest BCUT2D eigenvalue weighted by Crippen LogP contribution is 2.18. The zero-order valence-electron chi connectivity index (χ0n) is 10.8. The first-order chi connectivity index (χ1) is 8.88. The summed E-state index contributed by atoms with van der Waals surface area (Å²) in [4.78, 5) is 4.38. The van der Waals surface area contributed by atoms with Crippen molar-refractivity contribution in [2.24, 2.45) is 12.8 Å². The molecule has 0 aliphatic rings. The van der Waals surface area contributed by atoms with Gasteiger partial charge in [0.05, 0.1) is 4.90 Å². The van der Waals surface area contributed by atoms with Crippen molar-refractivity contribution in [3.63, 3.8) is 0 Å². The number of sulfone groups is 1. The Labute approximate surface area is 112 Å². The van der Waals surface area contributed by atoms with Gasteiger partial charge in [0, 0.05) is 25.8 Å². The highest BCUT2D eigenvalue weighted by molar-refractivity contribution is 7.90. The standard InChI is InChI=1S/C12H16N4O2S/c1-16-12(14-8-15-16)7-11(13)9-4-3-5-10(6-9)19(2,17)18/h3-6,8,11H,7,13H2,1-2H3. The van der Waals surface area contributed by atoms with Crippen molar-refractivity contribution in [1.82, 2.24) is 14.8 Å². The Hall–Kier alpha value is -1.73. The molecule has 0 aliphatic carbocycles. The van der Waals surface area contributed by atoms with Crippen LogP contribution in [0.2, 0.25) is 0 Å². The monoisotopic (exact) mass is 280 g/mol. The van der Waals surface area contributed by atoms with Crippen LogP contribution in [0.15, 0.2) is 35.5 Å². The van der Waals surface area contributed by atoms with E-state index in [2.05, 4.69) is 10.1 Å². The van der Waals surface area contributed by atoms with Gasteiger partial charge in [-0.1, -0.05) is 12.1 Å². The molecule has 0 bridgehead atoms. The van der Waals surface area contributed by atoms with E-state index in [1.165, 1.54) is 12.6 Å². The Bertz CT molecular complexity index is 679. The Morgan fingerprint density at radius 2 is 2.16 bits per heavy atom. The SMILES string of the molecule is Cn1ncnc1CC(N)c1cccc(S(C)(=O)=O)c1. The van der Waals surface area contributed by atoms with Crippen LogP contribution >= 0.6 is 0 Å². The van der Waals surface area contributed by atoms with Crippen molar-refractivity contribution in [2.45, 2.75) is 17.4 Å². The number of benzene rings is 1. The van der Waals surface area contributed by atoms with Gasteiger partial charge in [0.25, 0.3) is 0 Å². The summed E-state index contributed by atoms with van der Waals surface area (Å²) in [7, 11) is -1.42. The molecule has 1 heterocycles. The predicted molar refractivity (Wildman–Crippen MR) is 71.2 cm³/mol. The highest BCUT2D eigenvalue weighted by Gasteiger charge is 2.13. The van der Waals surface area contributed by atoms with Crippen LogP contribution in [0.1, 0.15) is 17.4 Å². The molecule has 19 heavy (non-hydrogen) atoms. The summed E-state index contributed by atoms with van der Waals surface area (Å²) in [5, 5.41) is 3.97. The first kappa shape index (κ1) is 13.7. The maximum Gasteiger partial charge on any atom is 0.175 e. The average Bonchev–Trinajstić information content (AvgIpc) is 2.74. The molecule has 0 fully saturated rings. The number of hydrogen-bond acceptors (Lipinski definition) is 5. The molecule has 0 saturated heterocycles. The second kappa shape index (κ2) is 5.10. The molecule has 0 amide bonds. The molecule has 0 aliphatic heterocycles. The summed E-state index contributed by atoms with van der Waals surface area (Å²) in [5.74, 6) is 0.761. The van der Waals surface area contributed by atoms with E-state index in [-0.39, 0.29) is 10.9 Å². The second-order valence-electron chi connectivity index (χ2n) is 4.46. The van der Waals surface area contributed by atoms with E-state index >= 15 is 0 Å². The zero-order valence-corrected chi connectivity index (χ0v) is 11.6. The van der Waals surface area contributed by atoms with E-state index in [4.69, 9.17) is 5.73 Å². The minimum atomic E-state index is -3.22.